The maximum atomic E-state index is 11.9. The van der Waals surface area contributed by atoms with Gasteiger partial charge < -0.3 is 15.8 Å². The van der Waals surface area contributed by atoms with Crippen molar-refractivity contribution in [3.63, 3.8) is 0 Å². The number of carbonyl (C=O) groups is 2. The van der Waals surface area contributed by atoms with E-state index in [9.17, 15) is 9.59 Å². The Bertz CT molecular complexity index is 462. The van der Waals surface area contributed by atoms with E-state index in [2.05, 4.69) is 21.2 Å². The fraction of sp³-hybridized carbons (Fsp3) is 0.429. The zero-order chi connectivity index (χ0) is 15.1. The molecule has 3 N–H and O–H groups in total. The van der Waals surface area contributed by atoms with Crippen LogP contribution in [0.1, 0.15) is 31.9 Å². The normalized spacial score (nSPS) is 13.4. The Morgan fingerprint density at radius 1 is 1.30 bits per heavy atom. The van der Waals surface area contributed by atoms with Crippen molar-refractivity contribution < 1.29 is 14.3 Å². The van der Waals surface area contributed by atoms with E-state index in [1.165, 1.54) is 0 Å². The van der Waals surface area contributed by atoms with Crippen molar-refractivity contribution in [2.24, 2.45) is 5.73 Å². The minimum atomic E-state index is -1.29. The Hall–Kier alpha value is -1.40. The molecular weight excluding hydrogens is 324 g/mol. The molecule has 2 atom stereocenters. The first-order valence-electron chi connectivity index (χ1n) is 6.47. The molecule has 0 saturated carbocycles. The molecule has 0 heterocycles. The van der Waals surface area contributed by atoms with E-state index < -0.39 is 17.9 Å². The number of hydrogen-bond donors (Lipinski definition) is 2. The van der Waals surface area contributed by atoms with E-state index in [0.717, 1.165) is 10.0 Å². The molecule has 2 unspecified atom stereocenters. The van der Waals surface area contributed by atoms with Gasteiger partial charge in [-0.05, 0) is 31.0 Å². The topological polar surface area (TPSA) is 81.4 Å². The third-order valence-corrected chi connectivity index (χ3v) is 3.35. The molecule has 1 amide bonds. The summed E-state index contributed by atoms with van der Waals surface area (Å²) in [6, 6.07) is 6.14. The highest BCUT2D eigenvalue weighted by Crippen LogP contribution is 2.19. The average molecular weight is 343 g/mol. The van der Waals surface area contributed by atoms with Crippen LogP contribution in [0.5, 0.6) is 0 Å². The molecule has 1 aromatic rings. The van der Waals surface area contributed by atoms with Gasteiger partial charge in [-0.2, -0.15) is 0 Å². The second-order valence-corrected chi connectivity index (χ2v) is 5.17. The Morgan fingerprint density at radius 3 is 2.40 bits per heavy atom. The van der Waals surface area contributed by atoms with Crippen LogP contribution in [0.2, 0.25) is 0 Å². The largest absolute Gasteiger partial charge is 0.464 e. The van der Waals surface area contributed by atoms with Gasteiger partial charge in [0.1, 0.15) is 0 Å². The zero-order valence-electron chi connectivity index (χ0n) is 11.6. The maximum Gasteiger partial charge on any atom is 0.332 e. The molecule has 110 valence electrons. The van der Waals surface area contributed by atoms with Crippen LogP contribution >= 0.6 is 15.9 Å². The molecule has 0 radical (unpaired) electrons. The maximum absolute atomic E-state index is 11.9. The molecule has 0 fully saturated rings. The van der Waals surface area contributed by atoms with Gasteiger partial charge in [-0.25, -0.2) is 4.79 Å². The molecule has 0 aliphatic rings. The second kappa shape index (κ2) is 8.01. The number of ether oxygens (including phenoxy) is 1. The van der Waals surface area contributed by atoms with Crippen molar-refractivity contribution in [2.75, 3.05) is 6.61 Å². The zero-order valence-corrected chi connectivity index (χ0v) is 13.1. The molecular formula is C14H19BrN2O3. The van der Waals surface area contributed by atoms with Gasteiger partial charge in [-0.3, -0.25) is 4.79 Å². The van der Waals surface area contributed by atoms with Crippen LogP contribution in [0.3, 0.4) is 0 Å². The Morgan fingerprint density at radius 2 is 1.90 bits per heavy atom. The Balaban J connectivity index is 2.70. The lowest BCUT2D eigenvalue weighted by molar-refractivity contribution is -0.148. The minimum Gasteiger partial charge on any atom is -0.464 e. The van der Waals surface area contributed by atoms with Crippen LogP contribution in [-0.4, -0.2) is 24.5 Å². The minimum absolute atomic E-state index is 0.184. The summed E-state index contributed by atoms with van der Waals surface area (Å²) < 4.78 is 5.69. The average Bonchev–Trinajstić information content (AvgIpc) is 2.45. The second-order valence-electron chi connectivity index (χ2n) is 4.25. The molecule has 1 aromatic carbocycles. The summed E-state index contributed by atoms with van der Waals surface area (Å²) in [7, 11) is 0. The van der Waals surface area contributed by atoms with Crippen LogP contribution in [0.15, 0.2) is 28.7 Å². The van der Waals surface area contributed by atoms with E-state index in [0.29, 0.717) is 6.42 Å². The molecule has 0 saturated heterocycles. The van der Waals surface area contributed by atoms with Gasteiger partial charge in [0.05, 0.1) is 12.6 Å². The molecule has 0 bridgehead atoms. The summed E-state index contributed by atoms with van der Waals surface area (Å²) >= 11 is 3.36. The SMILES string of the molecule is CCOC(=O)C(N)C(=O)NC(CC)c1ccc(Br)cc1. The van der Waals surface area contributed by atoms with Crippen LogP contribution in [0.4, 0.5) is 0 Å². The van der Waals surface area contributed by atoms with Crippen LogP contribution in [0.25, 0.3) is 0 Å². The fourth-order valence-electron chi connectivity index (χ4n) is 1.72. The number of rotatable bonds is 6. The molecule has 0 aliphatic carbocycles. The first kappa shape index (κ1) is 16.7. The third kappa shape index (κ3) is 4.61. The number of amides is 1. The number of hydrogen-bond acceptors (Lipinski definition) is 4. The lowest BCUT2D eigenvalue weighted by atomic mass is 10.0. The van der Waals surface area contributed by atoms with E-state index in [-0.39, 0.29) is 12.6 Å². The van der Waals surface area contributed by atoms with Gasteiger partial charge in [0.25, 0.3) is 0 Å². The number of esters is 1. The molecule has 20 heavy (non-hydrogen) atoms. The Kier molecular flexibility index (Phi) is 6.67. The lowest BCUT2D eigenvalue weighted by Gasteiger charge is -2.19. The molecule has 0 aromatic heterocycles. The van der Waals surface area contributed by atoms with E-state index >= 15 is 0 Å². The van der Waals surface area contributed by atoms with E-state index in [1.807, 2.05) is 31.2 Å². The number of benzene rings is 1. The summed E-state index contributed by atoms with van der Waals surface area (Å²) in [6.07, 6.45) is 0.697. The van der Waals surface area contributed by atoms with Gasteiger partial charge in [0.15, 0.2) is 6.04 Å². The fourth-order valence-corrected chi connectivity index (χ4v) is 1.98. The van der Waals surface area contributed by atoms with Crippen molar-refractivity contribution in [1.82, 2.24) is 5.32 Å². The molecule has 0 aliphatic heterocycles. The summed E-state index contributed by atoms with van der Waals surface area (Å²) in [6.45, 7) is 3.81. The summed E-state index contributed by atoms with van der Waals surface area (Å²) in [5.41, 5.74) is 6.52. The smallest absolute Gasteiger partial charge is 0.332 e. The van der Waals surface area contributed by atoms with Gasteiger partial charge in [0.2, 0.25) is 5.91 Å². The van der Waals surface area contributed by atoms with Crippen molar-refractivity contribution in [3.8, 4) is 0 Å². The van der Waals surface area contributed by atoms with Crippen molar-refractivity contribution >= 4 is 27.8 Å². The standard InChI is InChI=1S/C14H19BrN2O3/c1-3-11(9-5-7-10(15)8-6-9)17-13(18)12(16)14(19)20-4-2/h5-8,11-12H,3-4,16H2,1-2H3,(H,17,18). The van der Waals surface area contributed by atoms with E-state index in [1.54, 1.807) is 6.92 Å². The van der Waals surface area contributed by atoms with Gasteiger partial charge in [0, 0.05) is 4.47 Å². The molecule has 0 spiro atoms. The summed E-state index contributed by atoms with van der Waals surface area (Å²) in [4.78, 5) is 23.3. The first-order chi connectivity index (χ1) is 9.49. The highest BCUT2D eigenvalue weighted by Gasteiger charge is 2.25. The number of halogens is 1. The van der Waals surface area contributed by atoms with Crippen molar-refractivity contribution in [3.05, 3.63) is 34.3 Å². The van der Waals surface area contributed by atoms with Gasteiger partial charge >= 0.3 is 5.97 Å². The van der Waals surface area contributed by atoms with Crippen molar-refractivity contribution in [2.45, 2.75) is 32.4 Å². The Labute approximate surface area is 127 Å². The number of carbonyl (C=O) groups excluding carboxylic acids is 2. The molecule has 6 heteroatoms. The predicted octanol–water partition coefficient (Wildman–Crippen LogP) is 1.91. The van der Waals surface area contributed by atoms with E-state index in [4.69, 9.17) is 10.5 Å². The molecule has 5 nitrogen and oxygen atoms in total. The quantitative estimate of drug-likeness (QED) is 0.611. The van der Waals surface area contributed by atoms with Crippen LogP contribution in [0, 0.1) is 0 Å². The third-order valence-electron chi connectivity index (χ3n) is 2.82. The summed E-state index contributed by atoms with van der Waals surface area (Å²) in [5.74, 6) is -1.24. The number of nitrogens with one attached hydrogen (secondary N) is 1. The van der Waals surface area contributed by atoms with Crippen LogP contribution in [-0.2, 0) is 14.3 Å². The van der Waals surface area contributed by atoms with Crippen LogP contribution < -0.4 is 11.1 Å². The molecule has 1 rings (SSSR count). The highest BCUT2D eigenvalue weighted by atomic mass is 79.9. The lowest BCUT2D eigenvalue weighted by Crippen LogP contribution is -2.47. The monoisotopic (exact) mass is 342 g/mol. The van der Waals surface area contributed by atoms with Gasteiger partial charge in [-0.1, -0.05) is 35.0 Å². The first-order valence-corrected chi connectivity index (χ1v) is 7.26. The number of nitrogens with two attached hydrogens (primary N) is 1. The summed E-state index contributed by atoms with van der Waals surface area (Å²) in [5, 5.41) is 2.76. The predicted molar refractivity (Wildman–Crippen MR) is 79.9 cm³/mol. The van der Waals surface area contributed by atoms with Crippen molar-refractivity contribution in [1.29, 1.82) is 0 Å². The van der Waals surface area contributed by atoms with Gasteiger partial charge in [-0.15, -0.1) is 0 Å². The highest BCUT2D eigenvalue weighted by molar-refractivity contribution is 9.10.